The number of benzene rings is 4. The Balaban J connectivity index is 0.000000273. The van der Waals surface area contributed by atoms with Gasteiger partial charge < -0.3 is 24.8 Å². The first kappa shape index (κ1) is 37.7. The molecule has 0 heterocycles. The van der Waals surface area contributed by atoms with Gasteiger partial charge >= 0.3 is 99.2 Å². The molecule has 6 rings (SSSR count). The van der Waals surface area contributed by atoms with Gasteiger partial charge in [-0.05, 0) is 24.7 Å². The molecule has 0 bridgehead atoms. The van der Waals surface area contributed by atoms with Crippen LogP contribution >= 0.6 is 0 Å². The van der Waals surface area contributed by atoms with Gasteiger partial charge in [-0.2, -0.15) is 6.08 Å². The summed E-state index contributed by atoms with van der Waals surface area (Å²) >= 11 is 1.46. The fraction of sp³-hybridized carbons (Fsp3) is 0.268. The second kappa shape index (κ2) is 16.2. The molecule has 0 saturated heterocycles. The molecule has 0 spiro atoms. The molecule has 0 N–H and O–H groups in total. The minimum atomic E-state index is 0. The zero-order valence-corrected chi connectivity index (χ0v) is 31.3. The molecule has 1 aliphatic rings. The zero-order valence-electron chi connectivity index (χ0n) is 27.4. The Kier molecular flexibility index (Phi) is 13.9. The van der Waals surface area contributed by atoms with E-state index in [9.17, 15) is 0 Å². The first-order valence-corrected chi connectivity index (χ1v) is 16.2. The fourth-order valence-corrected chi connectivity index (χ4v) is 6.49. The van der Waals surface area contributed by atoms with Crippen LogP contribution in [0.5, 0.6) is 0 Å². The number of fused-ring (bicyclic) bond motifs is 3. The summed E-state index contributed by atoms with van der Waals surface area (Å²) in [5.74, 6) is 0. The minimum absolute atomic E-state index is 0. The molecule has 0 unspecified atom stereocenters. The van der Waals surface area contributed by atoms with Crippen LogP contribution in [-0.4, -0.2) is 3.21 Å². The number of hydrogen-bond acceptors (Lipinski definition) is 0. The molecule has 0 saturated carbocycles. The molecule has 0 aliphatic heterocycles. The quantitative estimate of drug-likeness (QED) is 0.227. The van der Waals surface area contributed by atoms with E-state index in [1.165, 1.54) is 82.4 Å². The van der Waals surface area contributed by atoms with Crippen LogP contribution in [0.2, 0.25) is 0 Å². The van der Waals surface area contributed by atoms with Gasteiger partial charge in [0.25, 0.3) is 0 Å². The van der Waals surface area contributed by atoms with Crippen molar-refractivity contribution in [1.29, 1.82) is 0 Å². The number of halogens is 2. The molecule has 1 aliphatic carbocycles. The van der Waals surface area contributed by atoms with Gasteiger partial charge in [0.05, 0.1) is 0 Å². The summed E-state index contributed by atoms with van der Waals surface area (Å²) in [6, 6.07) is 33.0. The SMILES string of the molecule is Cc1cc2[cH-]c3cc(C)c(C(C)(C)C)cc3c2cc1C(C)(C)C.[C-]1=CC=CC1.[Cl-].[Cl-].[Zr+2]=[C](c1ccccc1)c1ccccc1. The first-order chi connectivity index (χ1) is 19.9. The Bertz CT molecular complexity index is 1600. The maximum absolute atomic E-state index is 2.99. The monoisotopic (exact) mass is 696 g/mol. The second-order valence-corrected chi connectivity index (χ2v) is 14.5. The third-order valence-electron chi connectivity index (χ3n) is 7.72. The van der Waals surface area contributed by atoms with Crippen molar-refractivity contribution in [3.8, 4) is 0 Å². The van der Waals surface area contributed by atoms with E-state index >= 15 is 0 Å². The van der Waals surface area contributed by atoms with Crippen molar-refractivity contribution in [1.82, 2.24) is 0 Å². The van der Waals surface area contributed by atoms with Crippen LogP contribution in [-0.2, 0) is 35.1 Å². The van der Waals surface area contributed by atoms with E-state index in [1.54, 1.807) is 0 Å². The summed E-state index contributed by atoms with van der Waals surface area (Å²) in [5, 5.41) is 5.55. The topological polar surface area (TPSA) is 0 Å². The molecule has 5 aromatic rings. The molecule has 0 nitrogen and oxygen atoms in total. The molecule has 228 valence electrons. The summed E-state index contributed by atoms with van der Waals surface area (Å²) in [6.07, 6.45) is 10.0. The molecule has 0 fully saturated rings. The van der Waals surface area contributed by atoms with Gasteiger partial charge in [-0.1, -0.05) is 75.9 Å². The molecular weight excluding hydrogens is 655 g/mol. The van der Waals surface area contributed by atoms with Crippen molar-refractivity contribution < 1.29 is 49.0 Å². The maximum atomic E-state index is 2.99. The third kappa shape index (κ3) is 9.53. The number of hydrogen-bond donors (Lipinski definition) is 0. The first-order valence-electron chi connectivity index (χ1n) is 14.9. The summed E-state index contributed by atoms with van der Waals surface area (Å²) < 4.78 is 1.42. The van der Waals surface area contributed by atoms with Crippen molar-refractivity contribution in [3.05, 3.63) is 149 Å². The van der Waals surface area contributed by atoms with Gasteiger partial charge in [0.2, 0.25) is 0 Å². The summed E-state index contributed by atoms with van der Waals surface area (Å²) in [6.45, 7) is 18.3. The average Bonchev–Trinajstić information content (AvgIpc) is 3.63. The van der Waals surface area contributed by atoms with E-state index in [1.807, 2.05) is 12.2 Å². The molecule has 0 radical (unpaired) electrons. The van der Waals surface area contributed by atoms with Crippen molar-refractivity contribution in [3.63, 3.8) is 0 Å². The van der Waals surface area contributed by atoms with Crippen LogP contribution in [0.4, 0.5) is 0 Å². The number of aryl methyl sites for hydroxylation is 2. The van der Waals surface area contributed by atoms with Gasteiger partial charge in [-0.25, -0.2) is 12.2 Å². The van der Waals surface area contributed by atoms with Gasteiger partial charge in [-0.15, -0.1) is 46.2 Å². The van der Waals surface area contributed by atoms with Crippen LogP contribution in [0.25, 0.3) is 21.5 Å². The fourth-order valence-electron chi connectivity index (χ4n) is 5.67. The Morgan fingerprint density at radius 1 is 0.659 bits per heavy atom. The van der Waals surface area contributed by atoms with Crippen LogP contribution in [0.15, 0.2) is 109 Å². The Labute approximate surface area is 293 Å². The molecule has 3 heteroatoms. The molecule has 0 atom stereocenters. The van der Waals surface area contributed by atoms with Crippen LogP contribution in [0, 0.1) is 19.9 Å². The van der Waals surface area contributed by atoms with E-state index in [2.05, 4.69) is 159 Å². The summed E-state index contributed by atoms with van der Waals surface area (Å²) in [4.78, 5) is 0. The van der Waals surface area contributed by atoms with Gasteiger partial charge in [0.1, 0.15) is 0 Å². The van der Waals surface area contributed by atoms with E-state index in [0.717, 1.165) is 6.42 Å². The Hall–Kier alpha value is -2.44. The standard InChI is InChI=1S/C23H29.C13H10.C5H5.2ClH.Zr/c1-14-9-16-11-17-10-15(2)21(23(6,7)8)13-19(17)18(16)12-20(14)22(3,4)5;1-3-7-12(8-4-1)11-13-9-5-2-6-10-13;1-2-4-5-3-1;;;/h9-13H,1-8H3;1-10H;1-3H,4H2;2*1H;/q-1;;-1;;;+2/p-2. The van der Waals surface area contributed by atoms with E-state index < -0.39 is 0 Å². The second-order valence-electron chi connectivity index (χ2n) is 13.3. The van der Waals surface area contributed by atoms with Crippen molar-refractivity contribution in [2.45, 2.75) is 72.6 Å². The van der Waals surface area contributed by atoms with E-state index in [4.69, 9.17) is 0 Å². The van der Waals surface area contributed by atoms with Gasteiger partial charge in [-0.3, -0.25) is 6.08 Å². The third-order valence-corrected chi connectivity index (χ3v) is 9.14. The predicted octanol–water partition coefficient (Wildman–Crippen LogP) is 5.04. The van der Waals surface area contributed by atoms with E-state index in [0.29, 0.717) is 0 Å². The molecular formula is C41H44Cl2Zr-2. The molecule has 5 aromatic carbocycles. The summed E-state index contributed by atoms with van der Waals surface area (Å²) in [7, 11) is 0. The van der Waals surface area contributed by atoms with Gasteiger partial charge in [0, 0.05) is 0 Å². The molecule has 0 amide bonds. The van der Waals surface area contributed by atoms with Gasteiger partial charge in [0.15, 0.2) is 0 Å². The summed E-state index contributed by atoms with van der Waals surface area (Å²) in [5.41, 5.74) is 8.72. The Morgan fingerprint density at radius 2 is 1.07 bits per heavy atom. The normalized spacial score (nSPS) is 12.0. The molecule has 44 heavy (non-hydrogen) atoms. The average molecular weight is 699 g/mol. The van der Waals surface area contributed by atoms with Crippen LogP contribution in [0.1, 0.15) is 81.3 Å². The van der Waals surface area contributed by atoms with E-state index in [-0.39, 0.29) is 35.6 Å². The Morgan fingerprint density at radius 3 is 1.36 bits per heavy atom. The van der Waals surface area contributed by atoms with Crippen molar-refractivity contribution in [2.75, 3.05) is 0 Å². The number of rotatable bonds is 2. The van der Waals surface area contributed by atoms with Crippen molar-refractivity contribution >= 4 is 24.8 Å². The van der Waals surface area contributed by atoms with Crippen LogP contribution in [0.3, 0.4) is 0 Å². The molecule has 0 aromatic heterocycles. The zero-order chi connectivity index (χ0) is 30.5. The number of allylic oxidation sites excluding steroid dienone is 4. The van der Waals surface area contributed by atoms with Crippen LogP contribution < -0.4 is 24.8 Å². The predicted molar refractivity (Wildman–Crippen MR) is 182 cm³/mol. The van der Waals surface area contributed by atoms with Crippen molar-refractivity contribution in [2.24, 2.45) is 0 Å².